The second-order valence-electron chi connectivity index (χ2n) is 8.08. The van der Waals surface area contributed by atoms with E-state index in [1.54, 1.807) is 69.3 Å². The van der Waals surface area contributed by atoms with Crippen LogP contribution in [0.4, 0.5) is 5.69 Å². The summed E-state index contributed by atoms with van der Waals surface area (Å²) in [6, 6.07) is 21.2. The quantitative estimate of drug-likeness (QED) is 0.260. The number of nitrogens with one attached hydrogen (secondary N) is 1. The molecule has 3 rings (SSSR count). The third-order valence-corrected chi connectivity index (χ3v) is 4.47. The van der Waals surface area contributed by atoms with E-state index in [4.69, 9.17) is 21.4 Å². The van der Waals surface area contributed by atoms with Crippen LogP contribution >= 0.6 is 11.6 Å². The highest BCUT2D eigenvalue weighted by Gasteiger charge is 2.20. The van der Waals surface area contributed by atoms with Gasteiger partial charge in [0.2, 0.25) is 0 Å². The van der Waals surface area contributed by atoms with Crippen molar-refractivity contribution in [2.24, 2.45) is 0 Å². The minimum absolute atomic E-state index is 0.179. The number of carbonyl (C=O) groups is 2. The number of benzene rings is 3. The van der Waals surface area contributed by atoms with Gasteiger partial charge in [-0.05, 0) is 68.3 Å². The van der Waals surface area contributed by atoms with E-state index >= 15 is 0 Å². The number of hydrogen-bond acceptors (Lipinski definition) is 4. The van der Waals surface area contributed by atoms with Gasteiger partial charge in [0.1, 0.15) is 5.60 Å². The van der Waals surface area contributed by atoms with E-state index in [0.29, 0.717) is 16.3 Å². The number of carbonyl (C=O) groups excluding carboxylic acids is 2. The van der Waals surface area contributed by atoms with Gasteiger partial charge < -0.3 is 5.32 Å². The number of anilines is 1. The average Bonchev–Trinajstić information content (AvgIpc) is 2.76. The summed E-state index contributed by atoms with van der Waals surface area (Å²) in [6.45, 7) is 5.30. The van der Waals surface area contributed by atoms with Crippen molar-refractivity contribution in [2.45, 2.75) is 26.4 Å². The summed E-state index contributed by atoms with van der Waals surface area (Å²) in [4.78, 5) is 35.5. The first-order valence-corrected chi connectivity index (χ1v) is 10.4. The highest BCUT2D eigenvalue weighted by molar-refractivity contribution is 6.30. The maximum Gasteiger partial charge on any atom is 0.375 e. The Labute approximate surface area is 192 Å². The zero-order chi connectivity index (χ0) is 23.1. The summed E-state index contributed by atoms with van der Waals surface area (Å²) in [5.41, 5.74) is 2.00. The molecule has 1 amide bonds. The van der Waals surface area contributed by atoms with Crippen LogP contribution in [0.25, 0.3) is 12.2 Å². The third kappa shape index (κ3) is 6.80. The fourth-order valence-corrected chi connectivity index (χ4v) is 2.94. The van der Waals surface area contributed by atoms with Gasteiger partial charge in [-0.15, -0.1) is 0 Å². The van der Waals surface area contributed by atoms with Crippen LogP contribution in [0.15, 0.2) is 72.8 Å². The maximum atomic E-state index is 12.7. The summed E-state index contributed by atoms with van der Waals surface area (Å²) in [7, 11) is 0. The lowest BCUT2D eigenvalue weighted by Gasteiger charge is -2.17. The van der Waals surface area contributed by atoms with Crippen molar-refractivity contribution >= 4 is 41.3 Å². The van der Waals surface area contributed by atoms with E-state index in [-0.39, 0.29) is 11.5 Å². The normalized spacial score (nSPS) is 11.4. The van der Waals surface area contributed by atoms with Crippen LogP contribution in [0.5, 0.6) is 0 Å². The first kappa shape index (κ1) is 23.3. The Morgan fingerprint density at radius 2 is 1.56 bits per heavy atom. The molecule has 0 fully saturated rings. The minimum atomic E-state index is -0.700. The molecule has 0 aliphatic heterocycles. The molecule has 1 N–H and O–H groups in total. The Hall–Kier alpha value is -3.41. The zero-order valence-corrected chi connectivity index (χ0v) is 18.8. The SMILES string of the molecule is CC(C)(C)OOC(=O)c1ccc(/C=C/c2cccc(Cl)c2)cc1NC(=O)c1ccccc1. The number of hydrogen-bond donors (Lipinski definition) is 1. The molecule has 0 unspecified atom stereocenters. The molecule has 0 heterocycles. The van der Waals surface area contributed by atoms with Crippen molar-refractivity contribution in [1.82, 2.24) is 0 Å². The third-order valence-electron chi connectivity index (χ3n) is 4.23. The second kappa shape index (κ2) is 10.3. The molecule has 0 aliphatic rings. The predicted molar refractivity (Wildman–Crippen MR) is 127 cm³/mol. The molecular weight excluding hydrogens is 426 g/mol. The van der Waals surface area contributed by atoms with Crippen molar-refractivity contribution in [3.05, 3.63) is 100 Å². The van der Waals surface area contributed by atoms with Crippen molar-refractivity contribution in [2.75, 3.05) is 5.32 Å². The lowest BCUT2D eigenvalue weighted by molar-refractivity contribution is -0.301. The van der Waals surface area contributed by atoms with Crippen LogP contribution in [0.3, 0.4) is 0 Å². The molecule has 0 aromatic heterocycles. The monoisotopic (exact) mass is 449 g/mol. The molecule has 0 atom stereocenters. The Morgan fingerprint density at radius 1 is 0.875 bits per heavy atom. The van der Waals surface area contributed by atoms with Crippen LogP contribution in [0.1, 0.15) is 52.6 Å². The van der Waals surface area contributed by atoms with Crippen LogP contribution in [-0.4, -0.2) is 17.5 Å². The molecule has 5 nitrogen and oxygen atoms in total. The molecular formula is C26H24ClNO4. The molecule has 3 aromatic carbocycles. The van der Waals surface area contributed by atoms with Crippen LogP contribution in [0.2, 0.25) is 5.02 Å². The molecule has 0 spiro atoms. The van der Waals surface area contributed by atoms with Gasteiger partial charge in [-0.3, -0.25) is 9.68 Å². The predicted octanol–water partition coefficient (Wildman–Crippen LogP) is 6.65. The van der Waals surface area contributed by atoms with Gasteiger partial charge in [0.25, 0.3) is 5.91 Å². The summed E-state index contributed by atoms with van der Waals surface area (Å²) in [6.07, 6.45) is 3.76. The van der Waals surface area contributed by atoms with Crippen LogP contribution in [0, 0.1) is 0 Å². The number of halogens is 1. The summed E-state index contributed by atoms with van der Waals surface area (Å²) >= 11 is 6.04. The molecule has 0 saturated heterocycles. The highest BCUT2D eigenvalue weighted by atomic mass is 35.5. The minimum Gasteiger partial charge on any atom is -0.321 e. The first-order valence-electron chi connectivity index (χ1n) is 10.1. The standard InChI is InChI=1S/C26H24ClNO4/c1-26(2,3)32-31-25(30)22-15-14-19(13-12-18-8-7-11-21(27)16-18)17-23(22)28-24(29)20-9-5-4-6-10-20/h4-17H,1-3H3,(H,28,29)/b13-12+. The van der Waals surface area contributed by atoms with Gasteiger partial charge in [-0.1, -0.05) is 60.2 Å². The van der Waals surface area contributed by atoms with Crippen LogP contribution in [-0.2, 0) is 9.78 Å². The fraction of sp³-hybridized carbons (Fsp3) is 0.154. The van der Waals surface area contributed by atoms with Crippen molar-refractivity contribution in [3.63, 3.8) is 0 Å². The Balaban J connectivity index is 1.90. The van der Waals surface area contributed by atoms with Crippen molar-refractivity contribution in [1.29, 1.82) is 0 Å². The smallest absolute Gasteiger partial charge is 0.321 e. The summed E-state index contributed by atoms with van der Waals surface area (Å²) in [5.74, 6) is -1.04. The molecule has 164 valence electrons. The van der Waals surface area contributed by atoms with Crippen molar-refractivity contribution in [3.8, 4) is 0 Å². The Bertz CT molecular complexity index is 1130. The van der Waals surface area contributed by atoms with Gasteiger partial charge in [0.15, 0.2) is 0 Å². The van der Waals surface area contributed by atoms with Crippen molar-refractivity contribution < 1.29 is 19.4 Å². The fourth-order valence-electron chi connectivity index (χ4n) is 2.74. The molecule has 0 radical (unpaired) electrons. The van der Waals surface area contributed by atoms with E-state index in [0.717, 1.165) is 11.1 Å². The van der Waals surface area contributed by atoms with E-state index in [2.05, 4.69) is 5.32 Å². The lowest BCUT2D eigenvalue weighted by Crippen LogP contribution is -2.23. The van der Waals surface area contributed by atoms with Gasteiger partial charge in [-0.25, -0.2) is 4.79 Å². The molecule has 3 aromatic rings. The molecule has 0 bridgehead atoms. The summed E-state index contributed by atoms with van der Waals surface area (Å²) in [5, 5.41) is 3.44. The van der Waals surface area contributed by atoms with Crippen LogP contribution < -0.4 is 5.32 Å². The average molecular weight is 450 g/mol. The molecule has 32 heavy (non-hydrogen) atoms. The van der Waals surface area contributed by atoms with E-state index in [1.807, 2.05) is 36.4 Å². The molecule has 6 heteroatoms. The van der Waals surface area contributed by atoms with Gasteiger partial charge in [0, 0.05) is 10.6 Å². The Morgan fingerprint density at radius 3 is 2.22 bits per heavy atom. The van der Waals surface area contributed by atoms with E-state index in [9.17, 15) is 9.59 Å². The topological polar surface area (TPSA) is 64.6 Å². The van der Waals surface area contributed by atoms with Gasteiger partial charge >= 0.3 is 5.97 Å². The van der Waals surface area contributed by atoms with Gasteiger partial charge in [0.05, 0.1) is 11.3 Å². The molecule has 0 aliphatic carbocycles. The first-order chi connectivity index (χ1) is 15.2. The number of rotatable bonds is 6. The maximum absolute atomic E-state index is 12.7. The highest BCUT2D eigenvalue weighted by Crippen LogP contribution is 2.23. The summed E-state index contributed by atoms with van der Waals surface area (Å²) < 4.78 is 0. The largest absolute Gasteiger partial charge is 0.375 e. The number of amides is 1. The second-order valence-corrected chi connectivity index (χ2v) is 8.52. The lowest BCUT2D eigenvalue weighted by atomic mass is 10.1. The zero-order valence-electron chi connectivity index (χ0n) is 18.1. The van der Waals surface area contributed by atoms with E-state index < -0.39 is 11.6 Å². The molecule has 0 saturated carbocycles. The Kier molecular flexibility index (Phi) is 7.46. The van der Waals surface area contributed by atoms with E-state index in [1.165, 1.54) is 0 Å². The van der Waals surface area contributed by atoms with Gasteiger partial charge in [-0.2, -0.15) is 4.89 Å².